The van der Waals surface area contributed by atoms with Crippen molar-refractivity contribution in [3.05, 3.63) is 52.8 Å². The van der Waals surface area contributed by atoms with Crippen molar-refractivity contribution in [2.24, 2.45) is 5.92 Å². The number of ether oxygens (including phenoxy) is 4. The highest BCUT2D eigenvalue weighted by Crippen LogP contribution is 2.41. The van der Waals surface area contributed by atoms with Gasteiger partial charge in [0.15, 0.2) is 17.3 Å². The van der Waals surface area contributed by atoms with Crippen molar-refractivity contribution in [1.82, 2.24) is 4.90 Å². The van der Waals surface area contributed by atoms with Crippen LogP contribution >= 0.6 is 0 Å². The van der Waals surface area contributed by atoms with Crippen LogP contribution in [0.1, 0.15) is 41.3 Å². The summed E-state index contributed by atoms with van der Waals surface area (Å²) in [4.78, 5) is 27.2. The third-order valence-electron chi connectivity index (χ3n) is 6.23. The Morgan fingerprint density at radius 2 is 1.94 bits per heavy atom. The molecule has 8 nitrogen and oxygen atoms in total. The standard InChI is InChI=1S/C26H29NO7/c1-4-33-26(30)16-10-12-27(13-11-16)15-19-20(28)9-8-18-23(29)22(34-25(18)19)14-17-6-5-7-21(31-2)24(17)32-3/h5-9,14,16,28H,4,10-13,15H2,1-3H3/b22-14+. The van der Waals surface area contributed by atoms with E-state index in [-0.39, 0.29) is 29.2 Å². The summed E-state index contributed by atoms with van der Waals surface area (Å²) in [5.41, 5.74) is 1.61. The first-order chi connectivity index (χ1) is 16.5. The van der Waals surface area contributed by atoms with Gasteiger partial charge in [0.1, 0.15) is 11.5 Å². The summed E-state index contributed by atoms with van der Waals surface area (Å²) in [5.74, 6) is 1.11. The molecule has 1 saturated heterocycles. The zero-order valence-electron chi connectivity index (χ0n) is 19.6. The maximum absolute atomic E-state index is 13.1. The van der Waals surface area contributed by atoms with Crippen LogP contribution in [-0.2, 0) is 16.1 Å². The molecule has 0 aliphatic carbocycles. The minimum Gasteiger partial charge on any atom is -0.507 e. The smallest absolute Gasteiger partial charge is 0.309 e. The largest absolute Gasteiger partial charge is 0.507 e. The number of hydrogen-bond donors (Lipinski definition) is 1. The second-order valence-corrected chi connectivity index (χ2v) is 8.26. The summed E-state index contributed by atoms with van der Waals surface area (Å²) in [7, 11) is 3.08. The zero-order valence-corrected chi connectivity index (χ0v) is 19.6. The molecule has 2 aromatic rings. The summed E-state index contributed by atoms with van der Waals surface area (Å²) in [6, 6.07) is 8.48. The van der Waals surface area contributed by atoms with Gasteiger partial charge in [-0.2, -0.15) is 0 Å². The van der Waals surface area contributed by atoms with Crippen LogP contribution in [0.4, 0.5) is 0 Å². The number of phenols is 1. The zero-order chi connectivity index (χ0) is 24.2. The molecule has 0 aromatic heterocycles. The Bertz CT molecular complexity index is 1120. The monoisotopic (exact) mass is 467 g/mol. The first-order valence-electron chi connectivity index (χ1n) is 11.4. The molecule has 0 radical (unpaired) electrons. The van der Waals surface area contributed by atoms with Gasteiger partial charge < -0.3 is 24.1 Å². The number of carbonyl (C=O) groups excluding carboxylic acids is 2. The number of phenolic OH excluding ortho intramolecular Hbond substituents is 1. The van der Waals surface area contributed by atoms with E-state index in [4.69, 9.17) is 18.9 Å². The van der Waals surface area contributed by atoms with Crippen LogP contribution in [0.3, 0.4) is 0 Å². The predicted molar refractivity (Wildman–Crippen MR) is 125 cm³/mol. The first kappa shape index (κ1) is 23.6. The normalized spacial score (nSPS) is 17.4. The summed E-state index contributed by atoms with van der Waals surface area (Å²) in [6.07, 6.45) is 3.00. The number of carbonyl (C=O) groups is 2. The average Bonchev–Trinajstić information content (AvgIpc) is 3.16. The van der Waals surface area contributed by atoms with Gasteiger partial charge in [-0.25, -0.2) is 0 Å². The number of allylic oxidation sites excluding steroid dienone is 1. The molecule has 8 heteroatoms. The molecule has 2 aromatic carbocycles. The molecule has 2 heterocycles. The predicted octanol–water partition coefficient (Wildman–Crippen LogP) is 3.80. The van der Waals surface area contributed by atoms with E-state index in [0.717, 1.165) is 0 Å². The van der Waals surface area contributed by atoms with Gasteiger partial charge >= 0.3 is 5.97 Å². The minimum atomic E-state index is -0.262. The molecule has 0 saturated carbocycles. The highest BCUT2D eigenvalue weighted by Gasteiger charge is 2.33. The van der Waals surface area contributed by atoms with Gasteiger partial charge in [-0.05, 0) is 57.1 Å². The number of likely N-dealkylation sites (tertiary alicyclic amines) is 1. The fraction of sp³-hybridized carbons (Fsp3) is 0.385. The van der Waals surface area contributed by atoms with E-state index in [9.17, 15) is 14.7 Å². The number of hydrogen-bond acceptors (Lipinski definition) is 8. The number of piperidine rings is 1. The van der Waals surface area contributed by atoms with Crippen molar-refractivity contribution >= 4 is 17.8 Å². The van der Waals surface area contributed by atoms with Gasteiger partial charge in [-0.3, -0.25) is 14.5 Å². The molecule has 1 fully saturated rings. The van der Waals surface area contributed by atoms with Crippen LogP contribution in [0.25, 0.3) is 6.08 Å². The Labute approximate surface area is 198 Å². The highest BCUT2D eigenvalue weighted by atomic mass is 16.5. The van der Waals surface area contributed by atoms with Crippen LogP contribution < -0.4 is 14.2 Å². The van der Waals surface area contributed by atoms with Gasteiger partial charge in [-0.1, -0.05) is 12.1 Å². The number of Topliss-reactive ketones (excluding diaryl/α,β-unsaturated/α-hetero) is 1. The Morgan fingerprint density at radius 1 is 1.18 bits per heavy atom. The second kappa shape index (κ2) is 10.2. The Kier molecular flexibility index (Phi) is 7.07. The van der Waals surface area contributed by atoms with E-state index in [1.807, 2.05) is 0 Å². The topological polar surface area (TPSA) is 94.5 Å². The van der Waals surface area contributed by atoms with Crippen LogP contribution in [0.15, 0.2) is 36.1 Å². The number of ketones is 1. The molecule has 0 atom stereocenters. The second-order valence-electron chi connectivity index (χ2n) is 8.26. The van der Waals surface area contributed by atoms with Crippen LogP contribution in [-0.4, -0.2) is 55.7 Å². The maximum atomic E-state index is 13.1. The molecular weight excluding hydrogens is 438 g/mol. The maximum Gasteiger partial charge on any atom is 0.309 e. The lowest BCUT2D eigenvalue weighted by molar-refractivity contribution is -0.149. The summed E-state index contributed by atoms with van der Waals surface area (Å²) in [6.45, 7) is 3.97. The number of fused-ring (bicyclic) bond motifs is 1. The van der Waals surface area contributed by atoms with E-state index in [2.05, 4.69) is 4.90 Å². The minimum absolute atomic E-state index is 0.0688. The van der Waals surface area contributed by atoms with Gasteiger partial charge in [0.05, 0.1) is 37.9 Å². The Hall–Kier alpha value is -3.52. The number of esters is 1. The van der Waals surface area contributed by atoms with Crippen molar-refractivity contribution in [3.8, 4) is 23.0 Å². The van der Waals surface area contributed by atoms with Gasteiger partial charge in [0.25, 0.3) is 0 Å². The quantitative estimate of drug-likeness (QED) is 0.485. The summed E-state index contributed by atoms with van der Waals surface area (Å²) in [5, 5.41) is 10.6. The van der Waals surface area contributed by atoms with Crippen LogP contribution in [0.5, 0.6) is 23.0 Å². The molecule has 34 heavy (non-hydrogen) atoms. The SMILES string of the molecule is CCOC(=O)C1CCN(Cc2c(O)ccc3c2O/C(=C/c2cccc(OC)c2OC)C3=O)CC1. The molecule has 1 N–H and O–H groups in total. The first-order valence-corrected chi connectivity index (χ1v) is 11.4. The molecule has 180 valence electrons. The third kappa shape index (κ3) is 4.59. The molecule has 0 bridgehead atoms. The fourth-order valence-electron chi connectivity index (χ4n) is 4.43. The molecule has 0 spiro atoms. The van der Waals surface area contributed by atoms with Crippen molar-refractivity contribution in [3.63, 3.8) is 0 Å². The number of aromatic hydroxyl groups is 1. The van der Waals surface area contributed by atoms with Crippen molar-refractivity contribution in [2.75, 3.05) is 33.9 Å². The van der Waals surface area contributed by atoms with Crippen LogP contribution in [0, 0.1) is 5.92 Å². The van der Waals surface area contributed by atoms with Crippen LogP contribution in [0.2, 0.25) is 0 Å². The Morgan fingerprint density at radius 3 is 2.62 bits per heavy atom. The lowest BCUT2D eigenvalue weighted by Crippen LogP contribution is -2.36. The van der Waals surface area contributed by atoms with E-state index in [0.29, 0.717) is 73.0 Å². The molecule has 2 aliphatic rings. The lowest BCUT2D eigenvalue weighted by Gasteiger charge is -2.31. The number of rotatable bonds is 7. The Balaban J connectivity index is 1.55. The van der Waals surface area contributed by atoms with E-state index in [1.165, 1.54) is 13.2 Å². The highest BCUT2D eigenvalue weighted by molar-refractivity contribution is 6.15. The molecule has 0 amide bonds. The molecular formula is C26H29NO7. The van der Waals surface area contributed by atoms with Crippen molar-refractivity contribution < 1.29 is 33.6 Å². The van der Waals surface area contributed by atoms with Gasteiger partial charge in [-0.15, -0.1) is 0 Å². The number of nitrogens with zero attached hydrogens (tertiary/aromatic N) is 1. The van der Waals surface area contributed by atoms with Crippen molar-refractivity contribution in [2.45, 2.75) is 26.3 Å². The lowest BCUT2D eigenvalue weighted by atomic mass is 9.96. The molecule has 4 rings (SSSR count). The molecule has 2 aliphatic heterocycles. The summed E-state index contributed by atoms with van der Waals surface area (Å²) < 4.78 is 21.9. The van der Waals surface area contributed by atoms with Crippen molar-refractivity contribution in [1.29, 1.82) is 0 Å². The van der Waals surface area contributed by atoms with Gasteiger partial charge in [0, 0.05) is 12.1 Å². The average molecular weight is 468 g/mol. The van der Waals surface area contributed by atoms with Gasteiger partial charge in [0.2, 0.25) is 5.78 Å². The summed E-state index contributed by atoms with van der Waals surface area (Å²) >= 11 is 0. The number of benzene rings is 2. The number of methoxy groups -OCH3 is 2. The fourth-order valence-corrected chi connectivity index (χ4v) is 4.43. The van der Waals surface area contributed by atoms with E-state index < -0.39 is 0 Å². The van der Waals surface area contributed by atoms with E-state index >= 15 is 0 Å². The third-order valence-corrected chi connectivity index (χ3v) is 6.23. The van der Waals surface area contributed by atoms with E-state index in [1.54, 1.807) is 44.4 Å². The number of para-hydroxylation sites is 1. The molecule has 0 unspecified atom stereocenters.